The summed E-state index contributed by atoms with van der Waals surface area (Å²) >= 11 is 1.06. The van der Waals surface area contributed by atoms with E-state index in [1.54, 1.807) is 18.2 Å². The number of halogens is 2. The number of nitrogens with zero attached hydrogens (tertiary/aromatic N) is 2. The molecule has 0 saturated carbocycles. The van der Waals surface area contributed by atoms with Gasteiger partial charge in [0, 0.05) is 0 Å². The minimum atomic E-state index is -0.623. The maximum absolute atomic E-state index is 13.5. The predicted molar refractivity (Wildman–Crippen MR) is 85.0 cm³/mol. The second kappa shape index (κ2) is 7.14. The van der Waals surface area contributed by atoms with Crippen LogP contribution in [0.15, 0.2) is 48.5 Å². The fourth-order valence-corrected chi connectivity index (χ4v) is 2.52. The molecule has 8 heteroatoms. The molecule has 0 atom stereocenters. The molecule has 0 aliphatic heterocycles. The van der Waals surface area contributed by atoms with Crippen LogP contribution in [0, 0.1) is 11.6 Å². The van der Waals surface area contributed by atoms with Gasteiger partial charge >= 0.3 is 0 Å². The molecule has 122 valence electrons. The third kappa shape index (κ3) is 3.72. The van der Waals surface area contributed by atoms with Crippen LogP contribution < -0.4 is 10.1 Å². The van der Waals surface area contributed by atoms with Gasteiger partial charge in [0.05, 0.1) is 5.56 Å². The first kappa shape index (κ1) is 16.0. The summed E-state index contributed by atoms with van der Waals surface area (Å²) in [5.41, 5.74) is -0.0862. The lowest BCUT2D eigenvalue weighted by Crippen LogP contribution is -2.13. The van der Waals surface area contributed by atoms with Crippen molar-refractivity contribution in [3.05, 3.63) is 70.7 Å². The summed E-state index contributed by atoms with van der Waals surface area (Å²) in [4.78, 5) is 12.0. The fraction of sp³-hybridized carbons (Fsp3) is 0.0625. The van der Waals surface area contributed by atoms with Crippen molar-refractivity contribution >= 4 is 22.4 Å². The molecule has 0 aliphatic carbocycles. The Kier molecular flexibility index (Phi) is 4.76. The topological polar surface area (TPSA) is 64.1 Å². The smallest absolute Gasteiger partial charge is 0.260 e. The molecule has 0 radical (unpaired) electrons. The summed E-state index contributed by atoms with van der Waals surface area (Å²) in [6.07, 6.45) is 0. The van der Waals surface area contributed by atoms with Crippen molar-refractivity contribution < 1.29 is 18.3 Å². The molecule has 3 rings (SSSR count). The number of amides is 1. The van der Waals surface area contributed by atoms with E-state index < -0.39 is 17.5 Å². The molecule has 0 fully saturated rings. The lowest BCUT2D eigenvalue weighted by molar-refractivity contribution is 0.102. The number of ether oxygens (including phenoxy) is 1. The van der Waals surface area contributed by atoms with Crippen molar-refractivity contribution in [2.24, 2.45) is 0 Å². The molecule has 1 heterocycles. The quantitative estimate of drug-likeness (QED) is 0.765. The number of rotatable bonds is 5. The molecule has 0 spiro atoms. The predicted octanol–water partition coefficient (Wildman–Crippen LogP) is 3.65. The maximum atomic E-state index is 13.5. The molecule has 0 unspecified atom stereocenters. The molecule has 1 aromatic heterocycles. The SMILES string of the molecule is O=C(Nc1nnc(COc2ccccc2F)s1)c1ccccc1F. The van der Waals surface area contributed by atoms with E-state index in [0.717, 1.165) is 11.3 Å². The van der Waals surface area contributed by atoms with Gasteiger partial charge in [0.25, 0.3) is 5.91 Å². The molecule has 0 saturated heterocycles. The van der Waals surface area contributed by atoms with Crippen LogP contribution in [-0.4, -0.2) is 16.1 Å². The van der Waals surface area contributed by atoms with E-state index in [1.165, 1.54) is 30.3 Å². The van der Waals surface area contributed by atoms with Gasteiger partial charge in [0.2, 0.25) is 5.13 Å². The number of nitrogens with one attached hydrogen (secondary N) is 1. The molecule has 2 aromatic carbocycles. The Bertz CT molecular complexity index is 870. The van der Waals surface area contributed by atoms with Crippen LogP contribution in [0.25, 0.3) is 0 Å². The second-order valence-electron chi connectivity index (χ2n) is 4.65. The number of aromatic nitrogens is 2. The average molecular weight is 347 g/mol. The number of hydrogen-bond acceptors (Lipinski definition) is 5. The molecule has 24 heavy (non-hydrogen) atoms. The summed E-state index contributed by atoms with van der Waals surface area (Å²) in [7, 11) is 0. The molecule has 1 N–H and O–H groups in total. The zero-order valence-corrected chi connectivity index (χ0v) is 13.0. The van der Waals surface area contributed by atoms with E-state index >= 15 is 0 Å². The van der Waals surface area contributed by atoms with Crippen LogP contribution in [-0.2, 0) is 6.61 Å². The largest absolute Gasteiger partial charge is 0.483 e. The molecule has 5 nitrogen and oxygen atoms in total. The number of benzene rings is 2. The second-order valence-corrected chi connectivity index (χ2v) is 5.72. The Morgan fingerprint density at radius 2 is 1.75 bits per heavy atom. The Balaban J connectivity index is 1.63. The van der Waals surface area contributed by atoms with Gasteiger partial charge in [-0.1, -0.05) is 35.6 Å². The molecule has 1 amide bonds. The van der Waals surface area contributed by atoms with E-state index in [0.29, 0.717) is 5.01 Å². The molecular weight excluding hydrogens is 336 g/mol. The zero-order chi connectivity index (χ0) is 16.9. The number of carbonyl (C=O) groups is 1. The average Bonchev–Trinajstić information content (AvgIpc) is 3.02. The van der Waals surface area contributed by atoms with Crippen molar-refractivity contribution in [1.82, 2.24) is 10.2 Å². The van der Waals surface area contributed by atoms with Crippen molar-refractivity contribution in [2.75, 3.05) is 5.32 Å². The summed E-state index contributed by atoms with van der Waals surface area (Å²) in [5, 5.41) is 10.7. The van der Waals surface area contributed by atoms with Crippen LogP contribution in [0.4, 0.5) is 13.9 Å². The zero-order valence-electron chi connectivity index (χ0n) is 12.2. The number of para-hydroxylation sites is 1. The molecular formula is C16H11F2N3O2S. The number of hydrogen-bond donors (Lipinski definition) is 1. The van der Waals surface area contributed by atoms with Gasteiger partial charge < -0.3 is 4.74 Å². The lowest BCUT2D eigenvalue weighted by atomic mass is 10.2. The minimum absolute atomic E-state index is 0.00810. The van der Waals surface area contributed by atoms with Crippen LogP contribution in [0.3, 0.4) is 0 Å². The summed E-state index contributed by atoms with van der Waals surface area (Å²) < 4.78 is 32.3. The minimum Gasteiger partial charge on any atom is -0.483 e. The van der Waals surface area contributed by atoms with Gasteiger partial charge in [-0.25, -0.2) is 8.78 Å². The third-order valence-corrected chi connectivity index (χ3v) is 3.81. The highest BCUT2D eigenvalue weighted by atomic mass is 32.1. The highest BCUT2D eigenvalue weighted by molar-refractivity contribution is 7.15. The standard InChI is InChI=1S/C16H11F2N3O2S/c17-11-6-2-1-5-10(11)15(22)19-16-21-20-14(24-16)9-23-13-8-4-3-7-12(13)18/h1-8H,9H2,(H,19,21,22). The highest BCUT2D eigenvalue weighted by Crippen LogP contribution is 2.21. The first-order chi connectivity index (χ1) is 11.6. The van der Waals surface area contributed by atoms with E-state index in [4.69, 9.17) is 4.74 Å². The van der Waals surface area contributed by atoms with Gasteiger partial charge in [-0.15, -0.1) is 10.2 Å². The number of anilines is 1. The van der Waals surface area contributed by atoms with Crippen LogP contribution in [0.1, 0.15) is 15.4 Å². The van der Waals surface area contributed by atoms with Gasteiger partial charge in [0.15, 0.2) is 16.6 Å². The first-order valence-electron chi connectivity index (χ1n) is 6.89. The highest BCUT2D eigenvalue weighted by Gasteiger charge is 2.14. The van der Waals surface area contributed by atoms with Crippen molar-refractivity contribution in [3.63, 3.8) is 0 Å². The monoisotopic (exact) mass is 347 g/mol. The number of carbonyl (C=O) groups excluding carboxylic acids is 1. The van der Waals surface area contributed by atoms with Crippen molar-refractivity contribution in [1.29, 1.82) is 0 Å². The summed E-state index contributed by atoms with van der Waals surface area (Å²) in [5.74, 6) is -1.62. The van der Waals surface area contributed by atoms with Crippen LogP contribution in [0.2, 0.25) is 0 Å². The molecule has 0 bridgehead atoms. The Morgan fingerprint density at radius 1 is 1.04 bits per heavy atom. The van der Waals surface area contributed by atoms with E-state index in [1.807, 2.05) is 0 Å². The Hall–Kier alpha value is -2.87. The van der Waals surface area contributed by atoms with Crippen LogP contribution >= 0.6 is 11.3 Å². The van der Waals surface area contributed by atoms with E-state index in [9.17, 15) is 13.6 Å². The molecule has 0 aliphatic rings. The van der Waals surface area contributed by atoms with Crippen LogP contribution in [0.5, 0.6) is 5.75 Å². The van der Waals surface area contributed by atoms with Crippen molar-refractivity contribution in [2.45, 2.75) is 6.61 Å². The maximum Gasteiger partial charge on any atom is 0.260 e. The summed E-state index contributed by atoms with van der Waals surface area (Å²) in [6.45, 7) is 0.00810. The normalized spacial score (nSPS) is 10.4. The van der Waals surface area contributed by atoms with Gasteiger partial charge in [-0.2, -0.15) is 0 Å². The molecule has 3 aromatic rings. The van der Waals surface area contributed by atoms with Gasteiger partial charge in [0.1, 0.15) is 12.4 Å². The van der Waals surface area contributed by atoms with Gasteiger partial charge in [-0.3, -0.25) is 10.1 Å². The Labute approximate surface area is 139 Å². The lowest BCUT2D eigenvalue weighted by Gasteiger charge is -2.04. The van der Waals surface area contributed by atoms with Crippen molar-refractivity contribution in [3.8, 4) is 5.75 Å². The first-order valence-corrected chi connectivity index (χ1v) is 7.71. The third-order valence-electron chi connectivity index (χ3n) is 2.99. The Morgan fingerprint density at radius 3 is 2.50 bits per heavy atom. The fourth-order valence-electron chi connectivity index (χ4n) is 1.87. The van der Waals surface area contributed by atoms with E-state index in [2.05, 4.69) is 15.5 Å². The van der Waals surface area contributed by atoms with Gasteiger partial charge in [-0.05, 0) is 24.3 Å². The van der Waals surface area contributed by atoms with E-state index in [-0.39, 0.29) is 23.1 Å². The summed E-state index contributed by atoms with van der Waals surface area (Å²) in [6, 6.07) is 11.6.